The SMILES string of the molecule is Cc1cc2cnc3ccccc3ncc3cc(C)cc(cnc4ccccc4ncc(c1)c2O)c3O.[Co].[Co]. The van der Waals surface area contributed by atoms with E-state index in [1.165, 1.54) is 0 Å². The first-order chi connectivity index (χ1) is 17.5. The Morgan fingerprint density at radius 2 is 0.684 bits per heavy atom. The second kappa shape index (κ2) is 12.6. The quantitative estimate of drug-likeness (QED) is 0.208. The molecule has 4 aromatic carbocycles. The molecule has 0 atom stereocenters. The van der Waals surface area contributed by atoms with Gasteiger partial charge >= 0.3 is 0 Å². The number of aryl methyl sites for hydroxylation is 2. The first-order valence-electron chi connectivity index (χ1n) is 11.5. The molecular formula is C30H24Co2N4O2. The van der Waals surface area contributed by atoms with Gasteiger partial charge in [0, 0.05) is 79.9 Å². The van der Waals surface area contributed by atoms with Gasteiger partial charge < -0.3 is 10.2 Å². The van der Waals surface area contributed by atoms with Crippen LogP contribution in [0.4, 0.5) is 0 Å². The van der Waals surface area contributed by atoms with Crippen molar-refractivity contribution in [3.8, 4) is 11.5 Å². The molecule has 0 unspecified atom stereocenters. The molecule has 38 heavy (non-hydrogen) atoms. The number of aromatic hydroxyl groups is 2. The standard InChI is InChI=1S/C30H24N4O2.2Co/c1-19-11-21-15-31-25-7-3-5-9-27(25)33-17-23-13-20(2)14-24(30(23)36)18-34-28-10-6-4-8-26(28)32-16-22(12-19)29(21)35;;/h3-18,35-36H,1-2H3;;. The van der Waals surface area contributed by atoms with E-state index in [0.29, 0.717) is 43.6 Å². The van der Waals surface area contributed by atoms with Crippen molar-refractivity contribution in [1.82, 2.24) is 19.9 Å². The van der Waals surface area contributed by atoms with Gasteiger partial charge in [-0.15, -0.1) is 0 Å². The Labute approximate surface area is 240 Å². The fourth-order valence-electron chi connectivity index (χ4n) is 3.99. The molecule has 0 fully saturated rings. The van der Waals surface area contributed by atoms with Crippen LogP contribution in [-0.4, -0.2) is 30.1 Å². The molecule has 0 aliphatic rings. The molecule has 8 heteroatoms. The van der Waals surface area contributed by atoms with Gasteiger partial charge in [-0.2, -0.15) is 0 Å². The molecule has 5 aromatic rings. The van der Waals surface area contributed by atoms with E-state index >= 15 is 0 Å². The Bertz CT molecular complexity index is 1550. The Kier molecular flexibility index (Phi) is 9.54. The average Bonchev–Trinajstić information content (AvgIpc) is 2.88. The monoisotopic (exact) mass is 590 g/mol. The summed E-state index contributed by atoms with van der Waals surface area (Å²) in [6.07, 6.45) is 6.49. The third-order valence-electron chi connectivity index (χ3n) is 5.76. The smallest absolute Gasteiger partial charge is 0.133 e. The van der Waals surface area contributed by atoms with Crippen LogP contribution in [0.2, 0.25) is 0 Å². The topological polar surface area (TPSA) is 92.0 Å². The van der Waals surface area contributed by atoms with Crippen LogP contribution in [0.15, 0.2) is 97.6 Å². The minimum atomic E-state index is 0. The van der Waals surface area contributed by atoms with E-state index in [1.807, 2.05) is 86.6 Å². The number of hydrogen-bond acceptors (Lipinski definition) is 6. The zero-order chi connectivity index (χ0) is 25.1. The van der Waals surface area contributed by atoms with Crippen molar-refractivity contribution >= 4 is 43.6 Å². The third kappa shape index (κ3) is 6.35. The summed E-state index contributed by atoms with van der Waals surface area (Å²) in [5, 5.41) is 24.2. The Balaban J connectivity index is 0.00000200. The number of fused-ring (bicyclic) bond motifs is 6. The molecule has 0 saturated carbocycles. The summed E-state index contributed by atoms with van der Waals surface area (Å²) in [7, 11) is 0. The van der Waals surface area contributed by atoms with E-state index < -0.39 is 0 Å². The molecule has 0 aliphatic heterocycles. The largest absolute Gasteiger partial charge is 0.507 e. The maximum Gasteiger partial charge on any atom is 0.133 e. The van der Waals surface area contributed by atoms with Gasteiger partial charge in [0.1, 0.15) is 11.5 Å². The minimum absolute atomic E-state index is 0. The molecule has 194 valence electrons. The van der Waals surface area contributed by atoms with E-state index in [-0.39, 0.29) is 45.1 Å². The Morgan fingerprint density at radius 1 is 0.447 bits per heavy atom. The van der Waals surface area contributed by atoms with Gasteiger partial charge in [0.15, 0.2) is 0 Å². The van der Waals surface area contributed by atoms with Crippen LogP contribution in [0.25, 0.3) is 43.6 Å². The predicted molar refractivity (Wildman–Crippen MR) is 145 cm³/mol. The predicted octanol–water partition coefficient (Wildman–Crippen LogP) is 6.71. The summed E-state index contributed by atoms with van der Waals surface area (Å²) < 4.78 is 0. The first-order valence-corrected chi connectivity index (χ1v) is 11.5. The van der Waals surface area contributed by atoms with Crippen molar-refractivity contribution in [2.45, 2.75) is 13.8 Å². The number of nitrogens with zero attached hydrogens (tertiary/aromatic N) is 4. The summed E-state index contributed by atoms with van der Waals surface area (Å²) in [5.41, 5.74) is 4.46. The van der Waals surface area contributed by atoms with Crippen LogP contribution in [0.3, 0.4) is 0 Å². The van der Waals surface area contributed by atoms with Gasteiger partial charge in [0.05, 0.1) is 22.1 Å². The van der Waals surface area contributed by atoms with E-state index in [9.17, 15) is 10.2 Å². The molecule has 6 nitrogen and oxygen atoms in total. The fourth-order valence-corrected chi connectivity index (χ4v) is 3.99. The number of phenolic OH excluding ortho intramolecular Hbond substituents is 2. The molecule has 4 bridgehead atoms. The van der Waals surface area contributed by atoms with Crippen LogP contribution < -0.4 is 0 Å². The molecule has 0 aliphatic carbocycles. The van der Waals surface area contributed by atoms with Gasteiger partial charge in [-0.3, -0.25) is 19.9 Å². The van der Waals surface area contributed by atoms with Crippen molar-refractivity contribution in [2.24, 2.45) is 0 Å². The van der Waals surface area contributed by atoms with E-state index in [4.69, 9.17) is 0 Å². The molecule has 0 saturated heterocycles. The zero-order valence-corrected chi connectivity index (χ0v) is 22.7. The first kappa shape index (κ1) is 28.7. The second-order valence-corrected chi connectivity index (χ2v) is 8.59. The summed E-state index contributed by atoms with van der Waals surface area (Å²) in [6, 6.07) is 22.4. The van der Waals surface area contributed by atoms with Crippen molar-refractivity contribution < 1.29 is 43.8 Å². The van der Waals surface area contributed by atoms with Gasteiger partial charge in [-0.1, -0.05) is 24.3 Å². The molecular weight excluding hydrogens is 566 g/mol. The molecule has 1 aromatic heterocycles. The fraction of sp³-hybridized carbons (Fsp3) is 0.0667. The maximum absolute atomic E-state index is 10.9. The van der Waals surface area contributed by atoms with Crippen LogP contribution in [0, 0.1) is 13.8 Å². The number of rotatable bonds is 0. The van der Waals surface area contributed by atoms with E-state index in [1.54, 1.807) is 24.8 Å². The number of benzene rings is 4. The van der Waals surface area contributed by atoms with E-state index in [2.05, 4.69) is 19.9 Å². The summed E-state index contributed by atoms with van der Waals surface area (Å²) in [4.78, 5) is 18.4. The van der Waals surface area contributed by atoms with E-state index in [0.717, 1.165) is 11.1 Å². The third-order valence-corrected chi connectivity index (χ3v) is 5.76. The molecule has 5 rings (SSSR count). The molecule has 0 amide bonds. The molecule has 1 heterocycles. The van der Waals surface area contributed by atoms with Gasteiger partial charge in [0.25, 0.3) is 0 Å². The molecule has 2 radical (unpaired) electrons. The van der Waals surface area contributed by atoms with Gasteiger partial charge in [0.2, 0.25) is 0 Å². The van der Waals surface area contributed by atoms with Crippen molar-refractivity contribution in [3.63, 3.8) is 0 Å². The number of hydrogen-bond donors (Lipinski definition) is 2. The zero-order valence-electron chi connectivity index (χ0n) is 20.6. The Morgan fingerprint density at radius 3 is 0.921 bits per heavy atom. The van der Waals surface area contributed by atoms with Crippen LogP contribution in [0.1, 0.15) is 11.1 Å². The summed E-state index contributed by atoms with van der Waals surface area (Å²) >= 11 is 0. The Hall–Kier alpha value is -3.83. The van der Waals surface area contributed by atoms with Crippen molar-refractivity contribution in [3.05, 3.63) is 109 Å². The van der Waals surface area contributed by atoms with Gasteiger partial charge in [-0.05, 0) is 73.5 Å². The number of aromatic nitrogens is 4. The van der Waals surface area contributed by atoms with Gasteiger partial charge in [-0.25, -0.2) is 0 Å². The van der Waals surface area contributed by atoms with Crippen LogP contribution >= 0.6 is 0 Å². The summed E-state index contributed by atoms with van der Waals surface area (Å²) in [6.45, 7) is 3.91. The average molecular weight is 590 g/mol. The van der Waals surface area contributed by atoms with Crippen molar-refractivity contribution in [2.75, 3.05) is 0 Å². The van der Waals surface area contributed by atoms with Crippen molar-refractivity contribution in [1.29, 1.82) is 0 Å². The second-order valence-electron chi connectivity index (χ2n) is 8.59. The molecule has 0 spiro atoms. The normalized spacial score (nSPS) is 10.2. The minimum Gasteiger partial charge on any atom is -0.507 e. The van der Waals surface area contributed by atoms with Crippen LogP contribution in [-0.2, 0) is 33.6 Å². The number of phenols is 2. The van der Waals surface area contributed by atoms with Crippen LogP contribution in [0.5, 0.6) is 11.5 Å². The number of para-hydroxylation sites is 4. The summed E-state index contributed by atoms with van der Waals surface area (Å²) in [5.74, 6) is 0.179. The maximum atomic E-state index is 10.9. The molecule has 2 N–H and O–H groups in total.